The first-order valence-electron chi connectivity index (χ1n) is 6.31. The van der Waals surface area contributed by atoms with E-state index in [4.69, 9.17) is 0 Å². The second-order valence-corrected chi connectivity index (χ2v) is 6.15. The minimum atomic E-state index is 0.0433. The van der Waals surface area contributed by atoms with Crippen LogP contribution in [0.1, 0.15) is 48.2 Å². The number of carbonyl (C=O) groups excluding carboxylic acids is 1. The smallest absolute Gasteiger partial charge is 0.261 e. The van der Waals surface area contributed by atoms with Crippen LogP contribution in [0.25, 0.3) is 0 Å². The van der Waals surface area contributed by atoms with Gasteiger partial charge in [-0.25, -0.2) is 0 Å². The van der Waals surface area contributed by atoms with Gasteiger partial charge in [-0.05, 0) is 24.8 Å². The summed E-state index contributed by atoms with van der Waals surface area (Å²) >= 11 is 5.65. The number of thiol groups is 1. The Balaban J connectivity index is 1.63. The third-order valence-electron chi connectivity index (χ3n) is 3.36. The molecular weight excluding hydrogens is 250 g/mol. The summed E-state index contributed by atoms with van der Waals surface area (Å²) in [5.41, 5.74) is 0. The Morgan fingerprint density at radius 1 is 1.47 bits per heavy atom. The van der Waals surface area contributed by atoms with Gasteiger partial charge in [0.15, 0.2) is 0 Å². The number of hydrogen-bond donors (Lipinski definition) is 2. The molecule has 0 atom stereocenters. The molecule has 0 saturated heterocycles. The van der Waals surface area contributed by atoms with Crippen molar-refractivity contribution in [1.29, 1.82) is 0 Å². The molecule has 1 N–H and O–H groups in total. The summed E-state index contributed by atoms with van der Waals surface area (Å²) in [5.74, 6) is 0.958. The summed E-state index contributed by atoms with van der Waals surface area (Å²) in [5, 5.41) is 4.86. The molecule has 1 saturated carbocycles. The van der Waals surface area contributed by atoms with Gasteiger partial charge in [-0.3, -0.25) is 4.79 Å². The molecule has 0 bridgehead atoms. The lowest BCUT2D eigenvalue weighted by Crippen LogP contribution is -2.23. The number of hydrogen-bond acceptors (Lipinski definition) is 3. The highest BCUT2D eigenvalue weighted by Gasteiger charge is 2.14. The zero-order valence-electron chi connectivity index (χ0n) is 9.95. The Kier molecular flexibility index (Phi) is 4.92. The lowest BCUT2D eigenvalue weighted by atomic mass is 10.0. The van der Waals surface area contributed by atoms with Gasteiger partial charge in [0.05, 0.1) is 4.88 Å². The quantitative estimate of drug-likeness (QED) is 0.619. The van der Waals surface area contributed by atoms with Gasteiger partial charge in [-0.1, -0.05) is 25.7 Å². The van der Waals surface area contributed by atoms with Gasteiger partial charge in [0.25, 0.3) is 5.91 Å². The fraction of sp³-hybridized carbons (Fsp3) is 0.615. The Hall–Kier alpha value is -0.480. The summed E-state index contributed by atoms with van der Waals surface area (Å²) in [4.78, 5) is 13.3. The second kappa shape index (κ2) is 6.45. The van der Waals surface area contributed by atoms with Crippen molar-refractivity contribution in [2.24, 2.45) is 5.92 Å². The molecule has 1 aromatic heterocycles. The van der Waals surface area contributed by atoms with E-state index in [0.717, 1.165) is 28.7 Å². The fourth-order valence-corrected chi connectivity index (χ4v) is 3.49. The van der Waals surface area contributed by atoms with Crippen LogP contribution in [-0.4, -0.2) is 12.5 Å². The van der Waals surface area contributed by atoms with Crippen molar-refractivity contribution < 1.29 is 4.79 Å². The van der Waals surface area contributed by atoms with Crippen molar-refractivity contribution in [3.05, 3.63) is 16.3 Å². The average molecular weight is 269 g/mol. The molecule has 1 aliphatic carbocycles. The predicted octanol–water partition coefficient (Wildman–Crippen LogP) is 3.74. The second-order valence-electron chi connectivity index (χ2n) is 4.72. The number of thiophene rings is 1. The molecule has 1 aliphatic rings. The molecule has 17 heavy (non-hydrogen) atoms. The highest BCUT2D eigenvalue weighted by Crippen LogP contribution is 2.28. The van der Waals surface area contributed by atoms with E-state index in [1.54, 1.807) is 0 Å². The third kappa shape index (κ3) is 4.03. The van der Waals surface area contributed by atoms with Crippen molar-refractivity contribution in [2.75, 3.05) is 6.54 Å². The first-order valence-corrected chi connectivity index (χ1v) is 7.64. The van der Waals surface area contributed by atoms with Crippen molar-refractivity contribution in [3.8, 4) is 0 Å². The molecule has 2 nitrogen and oxygen atoms in total. The van der Waals surface area contributed by atoms with Crippen LogP contribution in [0.4, 0.5) is 0 Å². The van der Waals surface area contributed by atoms with E-state index in [-0.39, 0.29) is 5.91 Å². The van der Waals surface area contributed by atoms with Crippen LogP contribution in [0.15, 0.2) is 16.3 Å². The average Bonchev–Trinajstić information content (AvgIpc) is 2.95. The highest BCUT2D eigenvalue weighted by molar-refractivity contribution is 7.80. The summed E-state index contributed by atoms with van der Waals surface area (Å²) in [7, 11) is 0. The Bertz CT molecular complexity index is 369. The normalized spacial score (nSPS) is 16.3. The first-order chi connectivity index (χ1) is 8.25. The van der Waals surface area contributed by atoms with Crippen LogP contribution in [0.2, 0.25) is 0 Å². The van der Waals surface area contributed by atoms with Crippen LogP contribution in [0.3, 0.4) is 0 Å². The van der Waals surface area contributed by atoms with E-state index in [1.165, 1.54) is 43.4 Å². The molecular formula is C13H19NOS2. The maximum atomic E-state index is 11.7. The number of carbonyl (C=O) groups is 1. The molecule has 1 heterocycles. The lowest BCUT2D eigenvalue weighted by molar-refractivity contribution is 0.0956. The molecule has 0 unspecified atom stereocenters. The molecule has 0 aliphatic heterocycles. The van der Waals surface area contributed by atoms with Gasteiger partial charge in [0.2, 0.25) is 0 Å². The van der Waals surface area contributed by atoms with Gasteiger partial charge < -0.3 is 5.32 Å². The summed E-state index contributed by atoms with van der Waals surface area (Å²) in [6.45, 7) is 0.801. The standard InChI is InChI=1S/C13H19NOS2/c15-13(12-8-11(16)9-17-12)14-7-3-6-10-4-1-2-5-10/h8-10,16H,1-7H2,(H,14,15). The Morgan fingerprint density at radius 2 is 2.24 bits per heavy atom. The lowest BCUT2D eigenvalue weighted by Gasteiger charge is -2.08. The van der Waals surface area contributed by atoms with Gasteiger partial charge in [-0.15, -0.1) is 24.0 Å². The number of nitrogens with one attached hydrogen (secondary N) is 1. The Morgan fingerprint density at radius 3 is 2.88 bits per heavy atom. The molecule has 0 radical (unpaired) electrons. The minimum Gasteiger partial charge on any atom is -0.351 e. The van der Waals surface area contributed by atoms with Crippen LogP contribution in [0, 0.1) is 5.92 Å². The van der Waals surface area contributed by atoms with Crippen LogP contribution in [-0.2, 0) is 0 Å². The molecule has 2 rings (SSSR count). The Labute approximate surface area is 112 Å². The molecule has 1 amide bonds. The molecule has 1 fully saturated rings. The fourth-order valence-electron chi connectivity index (χ4n) is 2.42. The number of amides is 1. The third-order valence-corrected chi connectivity index (χ3v) is 4.72. The van der Waals surface area contributed by atoms with Gasteiger partial charge in [-0.2, -0.15) is 0 Å². The molecule has 1 aromatic rings. The monoisotopic (exact) mass is 269 g/mol. The minimum absolute atomic E-state index is 0.0433. The van der Waals surface area contributed by atoms with Gasteiger partial charge >= 0.3 is 0 Å². The van der Waals surface area contributed by atoms with E-state index in [1.807, 2.05) is 11.4 Å². The maximum absolute atomic E-state index is 11.7. The van der Waals surface area contributed by atoms with Crippen molar-refractivity contribution >= 4 is 29.9 Å². The van der Waals surface area contributed by atoms with E-state index in [0.29, 0.717) is 0 Å². The van der Waals surface area contributed by atoms with Crippen molar-refractivity contribution in [3.63, 3.8) is 0 Å². The zero-order chi connectivity index (χ0) is 12.1. The van der Waals surface area contributed by atoms with E-state index >= 15 is 0 Å². The van der Waals surface area contributed by atoms with E-state index < -0.39 is 0 Å². The van der Waals surface area contributed by atoms with Crippen LogP contribution < -0.4 is 5.32 Å². The zero-order valence-corrected chi connectivity index (χ0v) is 11.7. The summed E-state index contributed by atoms with van der Waals surface area (Å²) < 4.78 is 0. The SMILES string of the molecule is O=C(NCCCC1CCCC1)c1cc(S)cs1. The largest absolute Gasteiger partial charge is 0.351 e. The van der Waals surface area contributed by atoms with Gasteiger partial charge in [0, 0.05) is 16.8 Å². The molecule has 4 heteroatoms. The predicted molar refractivity (Wildman–Crippen MR) is 75.1 cm³/mol. The molecule has 0 aromatic carbocycles. The summed E-state index contributed by atoms with van der Waals surface area (Å²) in [6.07, 6.45) is 7.95. The molecule has 0 spiro atoms. The first kappa shape index (κ1) is 13.0. The van der Waals surface area contributed by atoms with Gasteiger partial charge in [0.1, 0.15) is 0 Å². The number of rotatable bonds is 5. The van der Waals surface area contributed by atoms with E-state index in [2.05, 4.69) is 17.9 Å². The van der Waals surface area contributed by atoms with Crippen molar-refractivity contribution in [1.82, 2.24) is 5.32 Å². The van der Waals surface area contributed by atoms with Crippen LogP contribution in [0.5, 0.6) is 0 Å². The van der Waals surface area contributed by atoms with E-state index in [9.17, 15) is 4.79 Å². The van der Waals surface area contributed by atoms with Crippen molar-refractivity contribution in [2.45, 2.75) is 43.4 Å². The highest BCUT2D eigenvalue weighted by atomic mass is 32.1. The van der Waals surface area contributed by atoms with Crippen LogP contribution >= 0.6 is 24.0 Å². The molecule has 94 valence electrons. The maximum Gasteiger partial charge on any atom is 0.261 e. The topological polar surface area (TPSA) is 29.1 Å². The summed E-state index contributed by atoms with van der Waals surface area (Å²) in [6, 6.07) is 1.82.